The first-order valence-electron chi connectivity index (χ1n) is 10.8. The van der Waals surface area contributed by atoms with Crippen LogP contribution in [-0.4, -0.2) is 52.2 Å². The average Bonchev–Trinajstić information content (AvgIpc) is 3.36. The van der Waals surface area contributed by atoms with Gasteiger partial charge in [-0.05, 0) is 63.9 Å². The summed E-state index contributed by atoms with van der Waals surface area (Å²) in [6, 6.07) is 8.06. The zero-order chi connectivity index (χ0) is 20.4. The summed E-state index contributed by atoms with van der Waals surface area (Å²) >= 11 is 0. The van der Waals surface area contributed by atoms with Gasteiger partial charge in [-0.2, -0.15) is 5.10 Å². The summed E-state index contributed by atoms with van der Waals surface area (Å²) in [5, 5.41) is 4.97. The quantitative estimate of drug-likeness (QED) is 0.752. The molecule has 2 aromatic rings. The van der Waals surface area contributed by atoms with Crippen molar-refractivity contribution in [3.8, 4) is 5.75 Å². The van der Waals surface area contributed by atoms with Gasteiger partial charge >= 0.3 is 0 Å². The van der Waals surface area contributed by atoms with Gasteiger partial charge in [-0.3, -0.25) is 14.4 Å². The Morgan fingerprint density at radius 2 is 1.86 bits per heavy atom. The summed E-state index contributed by atoms with van der Waals surface area (Å²) in [7, 11) is 1.65. The number of ether oxygens (including phenoxy) is 1. The van der Waals surface area contributed by atoms with E-state index in [9.17, 15) is 4.79 Å². The summed E-state index contributed by atoms with van der Waals surface area (Å²) in [5.41, 5.74) is 4.84. The fourth-order valence-electron chi connectivity index (χ4n) is 4.47. The van der Waals surface area contributed by atoms with E-state index in [1.807, 2.05) is 29.2 Å². The number of methoxy groups -OCH3 is 1. The van der Waals surface area contributed by atoms with E-state index >= 15 is 0 Å². The minimum absolute atomic E-state index is 0.179. The van der Waals surface area contributed by atoms with Crippen LogP contribution in [-0.2, 0) is 30.7 Å². The van der Waals surface area contributed by atoms with E-state index in [2.05, 4.69) is 23.4 Å². The van der Waals surface area contributed by atoms with Crippen LogP contribution in [0.4, 0.5) is 0 Å². The zero-order valence-electron chi connectivity index (χ0n) is 17.9. The number of benzene rings is 1. The molecule has 4 rings (SSSR count). The van der Waals surface area contributed by atoms with E-state index in [1.165, 1.54) is 42.9 Å². The Bertz CT molecular complexity index is 851. The molecule has 1 amide bonds. The van der Waals surface area contributed by atoms with E-state index in [4.69, 9.17) is 9.84 Å². The SMILES string of the molecule is COc1ccc(CC(=O)N2CCc3c(CN4CCCC4)nn(C(C)C)c3C2)cc1. The number of likely N-dealkylation sites (tertiary alicyclic amines) is 1. The lowest BCUT2D eigenvalue weighted by atomic mass is 10.0. The summed E-state index contributed by atoms with van der Waals surface area (Å²) < 4.78 is 7.35. The van der Waals surface area contributed by atoms with Gasteiger partial charge in [0.1, 0.15) is 5.75 Å². The number of hydrogen-bond acceptors (Lipinski definition) is 4. The standard InChI is InChI=1S/C23H32N4O2/c1-17(2)27-22-16-26(23(28)14-18-6-8-19(29-3)9-7-18)13-10-20(22)21(24-27)15-25-11-4-5-12-25/h6-9,17H,4-5,10-16H2,1-3H3. The molecule has 0 spiro atoms. The first kappa shape index (κ1) is 20.0. The van der Waals surface area contributed by atoms with Crippen molar-refractivity contribution < 1.29 is 9.53 Å². The molecule has 1 fully saturated rings. The lowest BCUT2D eigenvalue weighted by molar-refractivity contribution is -0.131. The lowest BCUT2D eigenvalue weighted by Gasteiger charge is -2.29. The second kappa shape index (κ2) is 8.57. The van der Waals surface area contributed by atoms with Gasteiger partial charge in [0.25, 0.3) is 0 Å². The Kier molecular flexibility index (Phi) is 5.90. The maximum absolute atomic E-state index is 13.0. The van der Waals surface area contributed by atoms with Gasteiger partial charge in [-0.15, -0.1) is 0 Å². The fraction of sp³-hybridized carbons (Fsp3) is 0.565. The molecule has 0 radical (unpaired) electrons. The van der Waals surface area contributed by atoms with Crippen LogP contribution in [0.3, 0.4) is 0 Å². The molecular formula is C23H32N4O2. The van der Waals surface area contributed by atoms with Crippen molar-refractivity contribution >= 4 is 5.91 Å². The fourth-order valence-corrected chi connectivity index (χ4v) is 4.47. The molecule has 2 aliphatic rings. The topological polar surface area (TPSA) is 50.6 Å². The van der Waals surface area contributed by atoms with Crippen molar-refractivity contribution in [1.82, 2.24) is 19.6 Å². The van der Waals surface area contributed by atoms with Crippen molar-refractivity contribution in [2.75, 3.05) is 26.7 Å². The van der Waals surface area contributed by atoms with Gasteiger partial charge in [0.2, 0.25) is 5.91 Å². The highest BCUT2D eigenvalue weighted by molar-refractivity contribution is 5.79. The van der Waals surface area contributed by atoms with Gasteiger partial charge in [0.05, 0.1) is 31.5 Å². The van der Waals surface area contributed by atoms with Crippen LogP contribution in [0.15, 0.2) is 24.3 Å². The lowest BCUT2D eigenvalue weighted by Crippen LogP contribution is -2.38. The van der Waals surface area contributed by atoms with E-state index in [1.54, 1.807) is 7.11 Å². The van der Waals surface area contributed by atoms with Crippen LogP contribution < -0.4 is 4.74 Å². The molecule has 6 nitrogen and oxygen atoms in total. The number of amides is 1. The number of hydrogen-bond donors (Lipinski definition) is 0. The molecule has 1 saturated heterocycles. The van der Waals surface area contributed by atoms with Gasteiger partial charge in [-0.1, -0.05) is 12.1 Å². The predicted molar refractivity (Wildman–Crippen MR) is 113 cm³/mol. The number of fused-ring (bicyclic) bond motifs is 1. The van der Waals surface area contributed by atoms with Gasteiger partial charge < -0.3 is 9.64 Å². The Morgan fingerprint density at radius 3 is 2.52 bits per heavy atom. The van der Waals surface area contributed by atoms with Crippen LogP contribution in [0.2, 0.25) is 0 Å². The van der Waals surface area contributed by atoms with E-state index in [-0.39, 0.29) is 5.91 Å². The number of rotatable bonds is 6. The second-order valence-corrected chi connectivity index (χ2v) is 8.48. The number of carbonyl (C=O) groups is 1. The second-order valence-electron chi connectivity index (χ2n) is 8.48. The molecule has 0 unspecified atom stereocenters. The first-order valence-corrected chi connectivity index (χ1v) is 10.8. The molecular weight excluding hydrogens is 364 g/mol. The third-order valence-corrected chi connectivity index (χ3v) is 6.10. The average molecular weight is 397 g/mol. The minimum Gasteiger partial charge on any atom is -0.497 e. The molecule has 1 aromatic carbocycles. The molecule has 0 bridgehead atoms. The third-order valence-electron chi connectivity index (χ3n) is 6.10. The highest BCUT2D eigenvalue weighted by Crippen LogP contribution is 2.27. The van der Waals surface area contributed by atoms with E-state index < -0.39 is 0 Å². The molecule has 0 aliphatic carbocycles. The van der Waals surface area contributed by atoms with Crippen LogP contribution >= 0.6 is 0 Å². The molecule has 3 heterocycles. The van der Waals surface area contributed by atoms with E-state index in [0.717, 1.165) is 30.8 Å². The zero-order valence-corrected chi connectivity index (χ0v) is 17.9. The molecule has 0 atom stereocenters. The monoisotopic (exact) mass is 396 g/mol. The molecule has 29 heavy (non-hydrogen) atoms. The molecule has 0 saturated carbocycles. The van der Waals surface area contributed by atoms with Crippen LogP contribution in [0.1, 0.15) is 55.2 Å². The van der Waals surface area contributed by atoms with Crippen molar-refractivity contribution in [3.63, 3.8) is 0 Å². The van der Waals surface area contributed by atoms with Crippen LogP contribution in [0.5, 0.6) is 5.75 Å². The Balaban J connectivity index is 1.49. The smallest absolute Gasteiger partial charge is 0.227 e. The largest absolute Gasteiger partial charge is 0.497 e. The Hall–Kier alpha value is -2.34. The Labute approximate surface area is 173 Å². The van der Waals surface area contributed by atoms with Gasteiger partial charge in [0.15, 0.2) is 0 Å². The van der Waals surface area contributed by atoms with Crippen molar-refractivity contribution in [2.24, 2.45) is 0 Å². The molecule has 6 heteroatoms. The maximum atomic E-state index is 13.0. The van der Waals surface area contributed by atoms with Gasteiger partial charge in [0, 0.05) is 24.7 Å². The molecule has 2 aliphatic heterocycles. The van der Waals surface area contributed by atoms with Crippen molar-refractivity contribution in [3.05, 3.63) is 46.8 Å². The normalized spacial score (nSPS) is 17.0. The number of nitrogens with zero attached hydrogens (tertiary/aromatic N) is 4. The van der Waals surface area contributed by atoms with Crippen LogP contribution in [0.25, 0.3) is 0 Å². The molecule has 1 aromatic heterocycles. The summed E-state index contributed by atoms with van der Waals surface area (Å²) in [6.45, 7) is 9.08. The third kappa shape index (κ3) is 4.32. The predicted octanol–water partition coefficient (Wildman–Crippen LogP) is 3.20. The molecule has 156 valence electrons. The minimum atomic E-state index is 0.179. The number of aromatic nitrogens is 2. The maximum Gasteiger partial charge on any atom is 0.227 e. The van der Waals surface area contributed by atoms with Crippen LogP contribution in [0, 0.1) is 0 Å². The Morgan fingerprint density at radius 1 is 1.14 bits per heavy atom. The number of carbonyl (C=O) groups excluding carboxylic acids is 1. The molecule has 0 N–H and O–H groups in total. The summed E-state index contributed by atoms with van der Waals surface area (Å²) in [4.78, 5) is 17.5. The highest BCUT2D eigenvalue weighted by atomic mass is 16.5. The van der Waals surface area contributed by atoms with Gasteiger partial charge in [-0.25, -0.2) is 0 Å². The van der Waals surface area contributed by atoms with E-state index in [0.29, 0.717) is 19.0 Å². The highest BCUT2D eigenvalue weighted by Gasteiger charge is 2.29. The summed E-state index contributed by atoms with van der Waals surface area (Å²) in [5.74, 6) is 0.994. The van der Waals surface area contributed by atoms with Crippen molar-refractivity contribution in [1.29, 1.82) is 0 Å². The summed E-state index contributed by atoms with van der Waals surface area (Å²) in [6.07, 6.45) is 3.91. The first-order chi connectivity index (χ1) is 14.0. The van der Waals surface area contributed by atoms with Crippen molar-refractivity contribution in [2.45, 2.75) is 58.7 Å².